The Balaban J connectivity index is 1.20. The van der Waals surface area contributed by atoms with Crippen LogP contribution in [0, 0.1) is 0 Å². The Morgan fingerprint density at radius 1 is 0.944 bits per heavy atom. The molecule has 0 aliphatic carbocycles. The van der Waals surface area contributed by atoms with Gasteiger partial charge >= 0.3 is 6.18 Å². The number of nitrogens with zero attached hydrogens (tertiary/aromatic N) is 5. The molecule has 1 fully saturated rings. The number of fused-ring (bicyclic) bond motifs is 1. The minimum atomic E-state index is -4.61. The van der Waals surface area contributed by atoms with E-state index in [0.717, 1.165) is 17.0 Å². The van der Waals surface area contributed by atoms with E-state index in [0.29, 0.717) is 24.6 Å². The van der Waals surface area contributed by atoms with Gasteiger partial charge in [0.1, 0.15) is 0 Å². The molecule has 1 aliphatic rings. The first kappa shape index (κ1) is 23.3. The van der Waals surface area contributed by atoms with Crippen LogP contribution in [0.1, 0.15) is 26.4 Å². The lowest BCUT2D eigenvalue weighted by molar-refractivity contribution is -0.138. The number of aromatic amines is 1. The lowest BCUT2D eigenvalue weighted by atomic mass is 10.1. The van der Waals surface area contributed by atoms with Gasteiger partial charge in [-0.2, -0.15) is 18.3 Å². The van der Waals surface area contributed by atoms with Crippen LogP contribution in [0.25, 0.3) is 10.9 Å². The molecule has 0 unspecified atom stereocenters. The van der Waals surface area contributed by atoms with E-state index in [1.54, 1.807) is 36.5 Å². The molecule has 1 saturated heterocycles. The van der Waals surface area contributed by atoms with Crippen molar-refractivity contribution < 1.29 is 22.8 Å². The van der Waals surface area contributed by atoms with Crippen LogP contribution in [-0.2, 0) is 6.18 Å². The molecule has 1 aliphatic heterocycles. The smallest absolute Gasteiger partial charge is 0.352 e. The quantitative estimate of drug-likeness (QED) is 0.448. The zero-order valence-corrected chi connectivity index (χ0v) is 18.8. The fourth-order valence-electron chi connectivity index (χ4n) is 4.06. The SMILES string of the molecule is O=C(Nc1ccc2[nH]ncc2c1)c1ccc(N2CCN(C(=O)c3ccccc3C(F)(F)F)CC2)nn1. The highest BCUT2D eigenvalue weighted by Gasteiger charge is 2.36. The molecule has 0 saturated carbocycles. The van der Waals surface area contributed by atoms with Gasteiger partial charge in [0.2, 0.25) is 0 Å². The van der Waals surface area contributed by atoms with Gasteiger partial charge in [0.15, 0.2) is 11.5 Å². The number of aromatic nitrogens is 4. The first-order valence-corrected chi connectivity index (χ1v) is 11.1. The maximum Gasteiger partial charge on any atom is 0.417 e. The van der Waals surface area contributed by atoms with E-state index in [9.17, 15) is 22.8 Å². The Bertz CT molecular complexity index is 1410. The molecule has 0 atom stereocenters. The predicted molar refractivity (Wildman–Crippen MR) is 126 cm³/mol. The van der Waals surface area contributed by atoms with Crippen LogP contribution < -0.4 is 10.2 Å². The third kappa shape index (κ3) is 4.69. The fourth-order valence-corrected chi connectivity index (χ4v) is 4.06. The van der Waals surface area contributed by atoms with E-state index in [1.165, 1.54) is 23.1 Å². The molecular weight excluding hydrogens is 475 g/mol. The maximum atomic E-state index is 13.3. The number of anilines is 2. The van der Waals surface area contributed by atoms with Crippen molar-refractivity contribution in [3.63, 3.8) is 0 Å². The van der Waals surface area contributed by atoms with Crippen LogP contribution >= 0.6 is 0 Å². The summed E-state index contributed by atoms with van der Waals surface area (Å²) in [6.45, 7) is 1.19. The monoisotopic (exact) mass is 495 g/mol. The number of H-pyrrole nitrogens is 1. The van der Waals surface area contributed by atoms with Crippen LogP contribution in [0.2, 0.25) is 0 Å². The summed E-state index contributed by atoms with van der Waals surface area (Å²) < 4.78 is 39.9. The van der Waals surface area contributed by atoms with E-state index < -0.39 is 23.6 Å². The van der Waals surface area contributed by atoms with Gasteiger partial charge in [-0.3, -0.25) is 14.7 Å². The number of hydrogen-bond acceptors (Lipinski definition) is 6. The normalized spacial score (nSPS) is 14.2. The van der Waals surface area contributed by atoms with Gasteiger partial charge in [-0.15, -0.1) is 10.2 Å². The number of piperazine rings is 1. The van der Waals surface area contributed by atoms with E-state index in [2.05, 4.69) is 25.7 Å². The molecule has 2 N–H and O–H groups in total. The lowest BCUT2D eigenvalue weighted by Gasteiger charge is -2.35. The van der Waals surface area contributed by atoms with Crippen molar-refractivity contribution in [2.24, 2.45) is 0 Å². The van der Waals surface area contributed by atoms with Crippen molar-refractivity contribution in [1.29, 1.82) is 0 Å². The Hall–Kier alpha value is -4.48. The molecule has 5 rings (SSSR count). The maximum absolute atomic E-state index is 13.3. The highest BCUT2D eigenvalue weighted by molar-refractivity contribution is 6.03. The minimum Gasteiger partial charge on any atom is -0.352 e. The standard InChI is InChI=1S/C24H20F3N7O2/c25-24(26,27)18-4-2-1-3-17(18)23(36)34-11-9-33(10-12-34)21-8-7-20(31-32-21)22(35)29-16-5-6-19-15(13-16)14-28-30-19/h1-8,13-14H,9-12H2,(H,28,30)(H,29,35). The molecule has 9 nitrogen and oxygen atoms in total. The molecule has 3 heterocycles. The third-order valence-corrected chi connectivity index (χ3v) is 5.93. The van der Waals surface area contributed by atoms with Crippen molar-refractivity contribution in [2.75, 3.05) is 36.4 Å². The molecule has 0 radical (unpaired) electrons. The summed E-state index contributed by atoms with van der Waals surface area (Å²) in [6, 6.07) is 13.3. The Morgan fingerprint density at radius 3 is 2.44 bits per heavy atom. The number of benzene rings is 2. The van der Waals surface area contributed by atoms with Gasteiger partial charge in [0.05, 0.1) is 22.8 Å². The van der Waals surface area contributed by atoms with Crippen molar-refractivity contribution in [1.82, 2.24) is 25.3 Å². The number of carbonyl (C=O) groups excluding carboxylic acids is 2. The number of rotatable bonds is 4. The molecule has 2 aromatic carbocycles. The Morgan fingerprint density at radius 2 is 1.72 bits per heavy atom. The van der Waals surface area contributed by atoms with Crippen LogP contribution in [0.4, 0.5) is 24.7 Å². The largest absolute Gasteiger partial charge is 0.417 e. The Labute approximate surface area is 202 Å². The number of halogens is 3. The summed E-state index contributed by atoms with van der Waals surface area (Å²) in [4.78, 5) is 28.6. The third-order valence-electron chi connectivity index (χ3n) is 5.93. The highest BCUT2D eigenvalue weighted by atomic mass is 19.4. The average molecular weight is 495 g/mol. The summed E-state index contributed by atoms with van der Waals surface area (Å²) >= 11 is 0. The van der Waals surface area contributed by atoms with Gasteiger partial charge in [0, 0.05) is 37.3 Å². The Kier molecular flexibility index (Phi) is 6.00. The van der Waals surface area contributed by atoms with Gasteiger partial charge in [0.25, 0.3) is 11.8 Å². The first-order chi connectivity index (χ1) is 17.3. The summed E-state index contributed by atoms with van der Waals surface area (Å²) in [7, 11) is 0. The van der Waals surface area contributed by atoms with Gasteiger partial charge in [-0.1, -0.05) is 12.1 Å². The minimum absolute atomic E-state index is 0.128. The van der Waals surface area contributed by atoms with E-state index in [-0.39, 0.29) is 24.3 Å². The average Bonchev–Trinajstić information content (AvgIpc) is 3.36. The second-order valence-corrected chi connectivity index (χ2v) is 8.23. The molecule has 36 heavy (non-hydrogen) atoms. The molecule has 4 aromatic rings. The molecular formula is C24H20F3N7O2. The number of nitrogens with one attached hydrogen (secondary N) is 2. The summed E-state index contributed by atoms with van der Waals surface area (Å²) in [6.07, 6.45) is -2.95. The van der Waals surface area contributed by atoms with Crippen LogP contribution in [-0.4, -0.2) is 63.3 Å². The second kappa shape index (κ2) is 9.29. The molecule has 0 spiro atoms. The summed E-state index contributed by atoms with van der Waals surface area (Å²) in [5.41, 5.74) is 0.266. The zero-order valence-electron chi connectivity index (χ0n) is 18.8. The molecule has 12 heteroatoms. The van der Waals surface area contributed by atoms with Gasteiger partial charge < -0.3 is 15.1 Å². The topological polar surface area (TPSA) is 107 Å². The highest BCUT2D eigenvalue weighted by Crippen LogP contribution is 2.32. The van der Waals surface area contributed by atoms with Gasteiger partial charge in [-0.25, -0.2) is 0 Å². The molecule has 2 amide bonds. The van der Waals surface area contributed by atoms with Crippen molar-refractivity contribution in [3.05, 3.63) is 77.6 Å². The van der Waals surface area contributed by atoms with E-state index in [4.69, 9.17) is 0 Å². The number of carbonyl (C=O) groups is 2. The first-order valence-electron chi connectivity index (χ1n) is 11.1. The van der Waals surface area contributed by atoms with Crippen molar-refractivity contribution >= 4 is 34.2 Å². The van der Waals surface area contributed by atoms with E-state index in [1.807, 2.05) is 4.90 Å². The van der Waals surface area contributed by atoms with Crippen molar-refractivity contribution in [2.45, 2.75) is 6.18 Å². The molecule has 184 valence electrons. The molecule has 0 bridgehead atoms. The van der Waals surface area contributed by atoms with Crippen LogP contribution in [0.15, 0.2) is 60.8 Å². The van der Waals surface area contributed by atoms with E-state index >= 15 is 0 Å². The lowest BCUT2D eigenvalue weighted by Crippen LogP contribution is -2.49. The summed E-state index contributed by atoms with van der Waals surface area (Å²) in [5.74, 6) is -0.570. The second-order valence-electron chi connectivity index (χ2n) is 8.23. The number of alkyl halides is 3. The van der Waals surface area contributed by atoms with Crippen LogP contribution in [0.3, 0.4) is 0 Å². The summed E-state index contributed by atoms with van der Waals surface area (Å²) in [5, 5.41) is 18.5. The zero-order chi connectivity index (χ0) is 25.3. The number of amides is 2. The predicted octanol–water partition coefficient (Wildman–Crippen LogP) is 3.59. The fraction of sp³-hybridized carbons (Fsp3) is 0.208. The number of hydrogen-bond donors (Lipinski definition) is 2. The van der Waals surface area contributed by atoms with Gasteiger partial charge in [-0.05, 0) is 42.5 Å². The van der Waals surface area contributed by atoms with Crippen molar-refractivity contribution in [3.8, 4) is 0 Å². The molecule has 2 aromatic heterocycles. The van der Waals surface area contributed by atoms with Crippen LogP contribution in [0.5, 0.6) is 0 Å².